The van der Waals surface area contributed by atoms with Crippen LogP contribution in [-0.4, -0.2) is 50.1 Å². The lowest BCUT2D eigenvalue weighted by atomic mass is 10.0. The number of carbonyl (C=O) groups excluding carboxylic acids is 1. The van der Waals surface area contributed by atoms with Crippen LogP contribution in [0.5, 0.6) is 0 Å². The SMILES string of the molecule is CN(C)c1ccc(N)cc1C(=O)NC1CCN2CCCC12. The molecule has 2 aliphatic rings. The Labute approximate surface area is 126 Å². The van der Waals surface area contributed by atoms with Crippen molar-refractivity contribution in [1.29, 1.82) is 0 Å². The van der Waals surface area contributed by atoms with Crippen molar-refractivity contribution < 1.29 is 4.79 Å². The summed E-state index contributed by atoms with van der Waals surface area (Å²) in [5.74, 6) is -0.00949. The predicted molar refractivity (Wildman–Crippen MR) is 85.6 cm³/mol. The number of hydrogen-bond acceptors (Lipinski definition) is 4. The molecule has 0 radical (unpaired) electrons. The summed E-state index contributed by atoms with van der Waals surface area (Å²) in [5.41, 5.74) is 8.05. The standard InChI is InChI=1S/C16H24N4O/c1-19(2)14-6-5-11(17)10-12(14)16(21)18-13-7-9-20-8-3-4-15(13)20/h5-6,10,13,15H,3-4,7-9,17H2,1-2H3,(H,18,21). The second kappa shape index (κ2) is 5.56. The van der Waals surface area contributed by atoms with Crippen molar-refractivity contribution >= 4 is 17.3 Å². The van der Waals surface area contributed by atoms with Crippen molar-refractivity contribution in [2.24, 2.45) is 0 Å². The lowest BCUT2D eigenvalue weighted by Gasteiger charge is -2.23. The summed E-state index contributed by atoms with van der Waals surface area (Å²) in [5, 5.41) is 3.23. The van der Waals surface area contributed by atoms with Gasteiger partial charge >= 0.3 is 0 Å². The first-order valence-electron chi connectivity index (χ1n) is 7.68. The second-order valence-electron chi connectivity index (χ2n) is 6.29. The van der Waals surface area contributed by atoms with Gasteiger partial charge in [-0.2, -0.15) is 0 Å². The van der Waals surface area contributed by atoms with Gasteiger partial charge in [0.1, 0.15) is 0 Å². The molecule has 2 saturated heterocycles. The van der Waals surface area contributed by atoms with Gasteiger partial charge in [-0.1, -0.05) is 0 Å². The van der Waals surface area contributed by atoms with Crippen molar-refractivity contribution in [3.05, 3.63) is 23.8 Å². The van der Waals surface area contributed by atoms with Crippen LogP contribution >= 0.6 is 0 Å². The van der Waals surface area contributed by atoms with Crippen LogP contribution in [0.3, 0.4) is 0 Å². The topological polar surface area (TPSA) is 61.6 Å². The fraction of sp³-hybridized carbons (Fsp3) is 0.562. The van der Waals surface area contributed by atoms with E-state index >= 15 is 0 Å². The van der Waals surface area contributed by atoms with E-state index in [1.807, 2.05) is 31.1 Å². The summed E-state index contributed by atoms with van der Waals surface area (Å²) < 4.78 is 0. The number of nitrogen functional groups attached to an aromatic ring is 1. The van der Waals surface area contributed by atoms with Crippen LogP contribution in [0, 0.1) is 0 Å². The summed E-state index contributed by atoms with van der Waals surface area (Å²) in [7, 11) is 3.88. The minimum Gasteiger partial charge on any atom is -0.399 e. The third-order valence-electron chi connectivity index (χ3n) is 4.67. The van der Waals surface area contributed by atoms with Crippen molar-refractivity contribution in [3.63, 3.8) is 0 Å². The van der Waals surface area contributed by atoms with E-state index in [4.69, 9.17) is 5.73 Å². The number of fused-ring (bicyclic) bond motifs is 1. The van der Waals surface area contributed by atoms with Gasteiger partial charge in [0.05, 0.1) is 5.56 Å². The normalized spacial score (nSPS) is 24.9. The maximum Gasteiger partial charge on any atom is 0.253 e. The highest BCUT2D eigenvalue weighted by Gasteiger charge is 2.38. The Bertz CT molecular complexity index is 543. The fourth-order valence-corrected chi connectivity index (χ4v) is 3.62. The molecule has 114 valence electrons. The van der Waals surface area contributed by atoms with Gasteiger partial charge in [0, 0.05) is 44.1 Å². The molecule has 2 fully saturated rings. The molecule has 1 aromatic carbocycles. The van der Waals surface area contributed by atoms with Gasteiger partial charge < -0.3 is 16.0 Å². The minimum atomic E-state index is -0.00949. The molecule has 0 aromatic heterocycles. The zero-order valence-electron chi connectivity index (χ0n) is 12.8. The molecule has 0 aliphatic carbocycles. The highest BCUT2D eigenvalue weighted by Crippen LogP contribution is 2.29. The molecular formula is C16H24N4O. The quantitative estimate of drug-likeness (QED) is 0.823. The molecule has 5 heteroatoms. The number of benzene rings is 1. The van der Waals surface area contributed by atoms with Crippen molar-refractivity contribution in [3.8, 4) is 0 Å². The molecule has 2 aliphatic heterocycles. The molecule has 5 nitrogen and oxygen atoms in total. The Balaban J connectivity index is 1.78. The fourth-order valence-electron chi connectivity index (χ4n) is 3.62. The van der Waals surface area contributed by atoms with Crippen molar-refractivity contribution in [1.82, 2.24) is 10.2 Å². The average Bonchev–Trinajstić information content (AvgIpc) is 3.03. The van der Waals surface area contributed by atoms with Crippen LogP contribution in [0.2, 0.25) is 0 Å². The van der Waals surface area contributed by atoms with Gasteiger partial charge in [-0.05, 0) is 44.0 Å². The van der Waals surface area contributed by atoms with Gasteiger partial charge in [-0.3, -0.25) is 9.69 Å². The third-order valence-corrected chi connectivity index (χ3v) is 4.67. The van der Waals surface area contributed by atoms with Crippen LogP contribution in [0.1, 0.15) is 29.6 Å². The summed E-state index contributed by atoms with van der Waals surface area (Å²) in [4.78, 5) is 17.1. The summed E-state index contributed by atoms with van der Waals surface area (Å²) in [6.45, 7) is 2.28. The predicted octanol–water partition coefficient (Wildman–Crippen LogP) is 1.30. The summed E-state index contributed by atoms with van der Waals surface area (Å²) in [6.07, 6.45) is 3.50. The average molecular weight is 288 g/mol. The minimum absolute atomic E-state index is 0.00949. The van der Waals surface area contributed by atoms with E-state index in [1.165, 1.54) is 19.4 Å². The first-order valence-corrected chi connectivity index (χ1v) is 7.68. The zero-order valence-corrected chi connectivity index (χ0v) is 12.8. The Morgan fingerprint density at radius 1 is 1.33 bits per heavy atom. The van der Waals surface area contributed by atoms with E-state index in [0.717, 1.165) is 18.7 Å². The Kier molecular flexibility index (Phi) is 3.76. The number of hydrogen-bond donors (Lipinski definition) is 2. The monoisotopic (exact) mass is 288 g/mol. The molecule has 3 rings (SSSR count). The summed E-state index contributed by atoms with van der Waals surface area (Å²) >= 11 is 0. The van der Waals surface area contributed by atoms with Crippen molar-refractivity contribution in [2.45, 2.75) is 31.3 Å². The first kappa shape index (κ1) is 14.2. The molecular weight excluding hydrogens is 264 g/mol. The van der Waals surface area contributed by atoms with Crippen LogP contribution in [0.4, 0.5) is 11.4 Å². The first-order chi connectivity index (χ1) is 10.1. The smallest absolute Gasteiger partial charge is 0.253 e. The van der Waals surface area contributed by atoms with Crippen LogP contribution in [0.15, 0.2) is 18.2 Å². The molecule has 2 unspecified atom stereocenters. The van der Waals surface area contributed by atoms with E-state index in [2.05, 4.69) is 10.2 Å². The highest BCUT2D eigenvalue weighted by molar-refractivity contribution is 6.00. The molecule has 2 heterocycles. The molecule has 0 bridgehead atoms. The third kappa shape index (κ3) is 2.70. The lowest BCUT2D eigenvalue weighted by molar-refractivity contribution is 0.0930. The van der Waals surface area contributed by atoms with Crippen LogP contribution < -0.4 is 16.0 Å². The Morgan fingerprint density at radius 2 is 2.14 bits per heavy atom. The largest absolute Gasteiger partial charge is 0.399 e. The van der Waals surface area contributed by atoms with E-state index in [0.29, 0.717) is 17.3 Å². The molecule has 3 N–H and O–H groups in total. The Morgan fingerprint density at radius 3 is 2.90 bits per heavy atom. The number of carbonyl (C=O) groups is 1. The summed E-state index contributed by atoms with van der Waals surface area (Å²) in [6, 6.07) is 6.31. The van der Waals surface area contributed by atoms with Crippen LogP contribution in [0.25, 0.3) is 0 Å². The van der Waals surface area contributed by atoms with Crippen LogP contribution in [-0.2, 0) is 0 Å². The Hall–Kier alpha value is -1.75. The van der Waals surface area contributed by atoms with Gasteiger partial charge in [0.15, 0.2) is 0 Å². The van der Waals surface area contributed by atoms with Crippen molar-refractivity contribution in [2.75, 3.05) is 37.8 Å². The van der Waals surface area contributed by atoms with Gasteiger partial charge in [-0.25, -0.2) is 0 Å². The molecule has 21 heavy (non-hydrogen) atoms. The maximum absolute atomic E-state index is 12.7. The van der Waals surface area contributed by atoms with Gasteiger partial charge in [0.2, 0.25) is 0 Å². The van der Waals surface area contributed by atoms with E-state index in [1.54, 1.807) is 6.07 Å². The molecule has 0 spiro atoms. The lowest BCUT2D eigenvalue weighted by Crippen LogP contribution is -2.42. The second-order valence-corrected chi connectivity index (χ2v) is 6.29. The number of anilines is 2. The number of rotatable bonds is 3. The maximum atomic E-state index is 12.7. The molecule has 1 amide bonds. The van der Waals surface area contributed by atoms with E-state index in [-0.39, 0.29) is 11.9 Å². The zero-order chi connectivity index (χ0) is 15.0. The van der Waals surface area contributed by atoms with Gasteiger partial charge in [-0.15, -0.1) is 0 Å². The highest BCUT2D eigenvalue weighted by atomic mass is 16.1. The molecule has 0 saturated carbocycles. The molecule has 2 atom stereocenters. The van der Waals surface area contributed by atoms with E-state index < -0.39 is 0 Å². The number of amides is 1. The number of nitrogens with zero attached hydrogens (tertiary/aromatic N) is 2. The number of nitrogens with two attached hydrogens (primary N) is 1. The van der Waals surface area contributed by atoms with Gasteiger partial charge in [0.25, 0.3) is 5.91 Å². The number of nitrogens with one attached hydrogen (secondary N) is 1. The molecule has 1 aromatic rings. The van der Waals surface area contributed by atoms with E-state index in [9.17, 15) is 4.79 Å².